The molecule has 10 heteroatoms. The van der Waals surface area contributed by atoms with Gasteiger partial charge in [0.15, 0.2) is 11.3 Å². The number of fused-ring (bicyclic) bond motifs is 1. The number of H-pyrrole nitrogens is 1. The van der Waals surface area contributed by atoms with Gasteiger partial charge in [0.2, 0.25) is 5.65 Å². The fourth-order valence-electron chi connectivity index (χ4n) is 2.59. The van der Waals surface area contributed by atoms with Crippen molar-refractivity contribution >= 4 is 28.7 Å². The summed E-state index contributed by atoms with van der Waals surface area (Å²) in [5, 5.41) is 20.8. The Morgan fingerprint density at radius 3 is 2.62 bits per heavy atom. The first-order chi connectivity index (χ1) is 14.2. The minimum atomic E-state index is -0.515. The molecule has 3 N–H and O–H groups in total. The highest BCUT2D eigenvalue weighted by atomic mass is 16.5. The Morgan fingerprint density at radius 2 is 1.93 bits per heavy atom. The molecule has 0 saturated carbocycles. The molecule has 0 aliphatic carbocycles. The summed E-state index contributed by atoms with van der Waals surface area (Å²) in [4.78, 5) is 25.0. The van der Waals surface area contributed by atoms with Crippen LogP contribution in [0.5, 0.6) is 5.75 Å². The van der Waals surface area contributed by atoms with Crippen LogP contribution in [0.1, 0.15) is 5.69 Å². The summed E-state index contributed by atoms with van der Waals surface area (Å²) < 4.78 is 5.16. The van der Waals surface area contributed by atoms with E-state index in [0.717, 1.165) is 11.3 Å². The van der Waals surface area contributed by atoms with E-state index < -0.39 is 6.03 Å². The molecule has 0 fully saturated rings. The highest BCUT2D eigenvalue weighted by Gasteiger charge is 2.13. The quantitative estimate of drug-likeness (QED) is 0.489. The topological polar surface area (TPSA) is 142 Å². The van der Waals surface area contributed by atoms with Crippen LogP contribution < -0.4 is 15.4 Å². The van der Waals surface area contributed by atoms with E-state index in [0.29, 0.717) is 28.4 Å². The van der Waals surface area contributed by atoms with Crippen molar-refractivity contribution in [3.63, 3.8) is 0 Å². The molecule has 10 nitrogen and oxygen atoms in total. The maximum Gasteiger partial charge on any atom is 0.324 e. The van der Waals surface area contributed by atoms with Gasteiger partial charge in [-0.2, -0.15) is 10.4 Å². The second-order valence-corrected chi connectivity index (χ2v) is 5.88. The molecule has 0 aliphatic heterocycles. The van der Waals surface area contributed by atoms with Crippen molar-refractivity contribution < 1.29 is 9.53 Å². The number of carbonyl (C=O) groups is 1. The third kappa shape index (κ3) is 3.79. The minimum Gasteiger partial charge on any atom is -0.497 e. The van der Waals surface area contributed by atoms with Crippen LogP contribution in [0.4, 0.5) is 16.3 Å². The number of pyridine rings is 1. The number of benzene rings is 1. The molecule has 0 radical (unpaired) electrons. The molecule has 4 aromatic rings. The summed E-state index contributed by atoms with van der Waals surface area (Å²) in [7, 11) is 1.60. The van der Waals surface area contributed by atoms with Crippen LogP contribution in [0.25, 0.3) is 22.4 Å². The zero-order chi connectivity index (χ0) is 20.2. The average molecular weight is 386 g/mol. The van der Waals surface area contributed by atoms with Gasteiger partial charge < -0.3 is 10.1 Å². The molecule has 2 amide bonds. The fourth-order valence-corrected chi connectivity index (χ4v) is 2.59. The summed E-state index contributed by atoms with van der Waals surface area (Å²) in [6.07, 6.45) is 3.00. The average Bonchev–Trinajstić information content (AvgIpc) is 3.16. The number of nitriles is 1. The summed E-state index contributed by atoms with van der Waals surface area (Å²) in [5.41, 5.74) is 2.97. The maximum absolute atomic E-state index is 12.3. The lowest BCUT2D eigenvalue weighted by Gasteiger charge is -2.06. The van der Waals surface area contributed by atoms with Crippen molar-refractivity contribution in [3.8, 4) is 23.1 Å². The summed E-state index contributed by atoms with van der Waals surface area (Å²) >= 11 is 0. The van der Waals surface area contributed by atoms with Crippen LogP contribution in [0.3, 0.4) is 0 Å². The summed E-state index contributed by atoms with van der Waals surface area (Å²) in [5.74, 6) is 1.05. The summed E-state index contributed by atoms with van der Waals surface area (Å²) in [6, 6.07) is 11.9. The third-order valence-corrected chi connectivity index (χ3v) is 4.02. The van der Waals surface area contributed by atoms with Crippen LogP contribution in [0.2, 0.25) is 0 Å². The Labute approximate surface area is 164 Å². The number of aromatic nitrogens is 5. The molecule has 0 unspecified atom stereocenters. The standard InChI is InChI=1S/C19H14N8O2/c1-29-14-6-2-11(3-7-14)15-10-22-17-16(24-15)18(27-26-17)25-19(28)23-13-5-4-12(8-20)21-9-13/h2-7,9-10H,1H3,(H3,22,23,25,26,27,28). The first-order valence-corrected chi connectivity index (χ1v) is 8.46. The highest BCUT2D eigenvalue weighted by Crippen LogP contribution is 2.24. The Balaban J connectivity index is 1.55. The van der Waals surface area contributed by atoms with Crippen molar-refractivity contribution in [2.45, 2.75) is 0 Å². The SMILES string of the molecule is COc1ccc(-c2cnc3n[nH]c(NC(=O)Nc4ccc(C#N)nc4)c3n2)cc1. The molecule has 0 spiro atoms. The Morgan fingerprint density at radius 1 is 1.10 bits per heavy atom. The van der Waals surface area contributed by atoms with Crippen molar-refractivity contribution in [1.29, 1.82) is 5.26 Å². The van der Waals surface area contributed by atoms with Gasteiger partial charge in [0, 0.05) is 5.56 Å². The smallest absolute Gasteiger partial charge is 0.324 e. The fraction of sp³-hybridized carbons (Fsp3) is 0.0526. The number of carbonyl (C=O) groups excluding carboxylic acids is 1. The van der Waals surface area contributed by atoms with Gasteiger partial charge in [0.25, 0.3) is 0 Å². The second kappa shape index (κ2) is 7.61. The predicted octanol–water partition coefficient (Wildman–Crippen LogP) is 2.94. The molecule has 3 aromatic heterocycles. The van der Waals surface area contributed by atoms with Crippen LogP contribution in [0, 0.1) is 11.3 Å². The Bertz CT molecular complexity index is 1210. The van der Waals surface area contributed by atoms with Crippen LogP contribution in [0.15, 0.2) is 48.8 Å². The number of hydrogen-bond donors (Lipinski definition) is 3. The molecular weight excluding hydrogens is 372 g/mol. The van der Waals surface area contributed by atoms with Crippen molar-refractivity contribution in [2.75, 3.05) is 17.7 Å². The molecule has 0 saturated heterocycles. The molecule has 3 heterocycles. The number of rotatable bonds is 4. The van der Waals surface area contributed by atoms with E-state index in [1.807, 2.05) is 30.3 Å². The van der Waals surface area contributed by atoms with Crippen LogP contribution in [-0.4, -0.2) is 38.3 Å². The van der Waals surface area contributed by atoms with Gasteiger partial charge in [-0.25, -0.2) is 19.7 Å². The van der Waals surface area contributed by atoms with E-state index in [2.05, 4.69) is 35.8 Å². The van der Waals surface area contributed by atoms with Gasteiger partial charge in [0.1, 0.15) is 17.5 Å². The largest absolute Gasteiger partial charge is 0.497 e. The monoisotopic (exact) mass is 386 g/mol. The number of aromatic amines is 1. The van der Waals surface area contributed by atoms with Crippen molar-refractivity contribution in [2.24, 2.45) is 0 Å². The number of methoxy groups -OCH3 is 1. The first kappa shape index (κ1) is 17.9. The molecule has 4 rings (SSSR count). The number of amides is 2. The number of anilines is 2. The van der Waals surface area contributed by atoms with Gasteiger partial charge >= 0.3 is 6.03 Å². The molecule has 0 aliphatic rings. The molecule has 29 heavy (non-hydrogen) atoms. The Kier molecular flexibility index (Phi) is 4.69. The lowest BCUT2D eigenvalue weighted by molar-refractivity contribution is 0.262. The lowest BCUT2D eigenvalue weighted by atomic mass is 10.1. The molecule has 142 valence electrons. The van der Waals surface area contributed by atoms with E-state index in [1.165, 1.54) is 12.3 Å². The van der Waals surface area contributed by atoms with E-state index in [4.69, 9.17) is 10.00 Å². The molecule has 1 aromatic carbocycles. The molecular formula is C19H14N8O2. The molecule has 0 atom stereocenters. The predicted molar refractivity (Wildman–Crippen MR) is 105 cm³/mol. The lowest BCUT2D eigenvalue weighted by Crippen LogP contribution is -2.20. The van der Waals surface area contributed by atoms with E-state index in [1.54, 1.807) is 19.4 Å². The Hall–Kier alpha value is -4.52. The van der Waals surface area contributed by atoms with Gasteiger partial charge in [-0.05, 0) is 36.4 Å². The molecule has 0 bridgehead atoms. The van der Waals surface area contributed by atoms with Gasteiger partial charge in [0.05, 0.1) is 30.9 Å². The summed E-state index contributed by atoms with van der Waals surface area (Å²) in [6.45, 7) is 0. The van der Waals surface area contributed by atoms with E-state index in [9.17, 15) is 4.79 Å². The number of nitrogens with one attached hydrogen (secondary N) is 3. The van der Waals surface area contributed by atoms with Crippen LogP contribution >= 0.6 is 0 Å². The maximum atomic E-state index is 12.3. The normalized spacial score (nSPS) is 10.3. The number of ether oxygens (including phenoxy) is 1. The van der Waals surface area contributed by atoms with Gasteiger partial charge in [-0.3, -0.25) is 10.4 Å². The van der Waals surface area contributed by atoms with Gasteiger partial charge in [-0.15, -0.1) is 0 Å². The van der Waals surface area contributed by atoms with E-state index in [-0.39, 0.29) is 5.69 Å². The zero-order valence-electron chi connectivity index (χ0n) is 15.2. The number of hydrogen-bond acceptors (Lipinski definition) is 7. The van der Waals surface area contributed by atoms with Crippen molar-refractivity contribution in [3.05, 3.63) is 54.5 Å². The van der Waals surface area contributed by atoms with Gasteiger partial charge in [-0.1, -0.05) is 0 Å². The highest BCUT2D eigenvalue weighted by molar-refractivity contribution is 6.03. The number of nitrogens with zero attached hydrogens (tertiary/aromatic N) is 5. The second-order valence-electron chi connectivity index (χ2n) is 5.88. The minimum absolute atomic E-state index is 0.261. The first-order valence-electron chi connectivity index (χ1n) is 8.46. The van der Waals surface area contributed by atoms with Crippen molar-refractivity contribution in [1.82, 2.24) is 25.1 Å². The number of urea groups is 1. The third-order valence-electron chi connectivity index (χ3n) is 4.02. The zero-order valence-corrected chi connectivity index (χ0v) is 15.2. The van der Waals surface area contributed by atoms with Crippen LogP contribution in [-0.2, 0) is 0 Å². The van der Waals surface area contributed by atoms with E-state index >= 15 is 0 Å².